The SMILES string of the molecule is O=C(O)c1cn(-c2ccccc2)nc1NC1CCCC1. The predicted octanol–water partition coefficient (Wildman–Crippen LogP) is 2.93. The fourth-order valence-corrected chi connectivity index (χ4v) is 2.61. The molecule has 0 unspecified atom stereocenters. The Labute approximate surface area is 117 Å². The van der Waals surface area contributed by atoms with Gasteiger partial charge in [-0.1, -0.05) is 31.0 Å². The molecule has 0 amide bonds. The van der Waals surface area contributed by atoms with Gasteiger partial charge in [-0.25, -0.2) is 9.48 Å². The van der Waals surface area contributed by atoms with E-state index >= 15 is 0 Å². The highest BCUT2D eigenvalue weighted by Crippen LogP contribution is 2.24. The van der Waals surface area contributed by atoms with Gasteiger partial charge in [0, 0.05) is 12.2 Å². The molecule has 1 aliphatic carbocycles. The number of nitrogens with one attached hydrogen (secondary N) is 1. The lowest BCUT2D eigenvalue weighted by molar-refractivity contribution is 0.0698. The summed E-state index contributed by atoms with van der Waals surface area (Å²) in [5.41, 5.74) is 1.08. The zero-order chi connectivity index (χ0) is 13.9. The van der Waals surface area contributed by atoms with Crippen LogP contribution in [0, 0.1) is 0 Å². The number of hydrogen-bond acceptors (Lipinski definition) is 3. The van der Waals surface area contributed by atoms with E-state index in [2.05, 4.69) is 10.4 Å². The van der Waals surface area contributed by atoms with E-state index < -0.39 is 5.97 Å². The minimum absolute atomic E-state index is 0.223. The number of nitrogens with zero attached hydrogens (tertiary/aromatic N) is 2. The smallest absolute Gasteiger partial charge is 0.341 e. The highest BCUT2D eigenvalue weighted by atomic mass is 16.4. The van der Waals surface area contributed by atoms with E-state index in [4.69, 9.17) is 0 Å². The number of carboxylic acid groups (broad SMARTS) is 1. The second-order valence-electron chi connectivity index (χ2n) is 5.10. The highest BCUT2D eigenvalue weighted by molar-refractivity contribution is 5.93. The molecule has 1 aromatic carbocycles. The molecule has 1 fully saturated rings. The molecular formula is C15H17N3O2. The molecule has 0 radical (unpaired) electrons. The fraction of sp³-hybridized carbons (Fsp3) is 0.333. The van der Waals surface area contributed by atoms with Gasteiger partial charge >= 0.3 is 5.97 Å². The summed E-state index contributed by atoms with van der Waals surface area (Å²) in [4.78, 5) is 11.3. The van der Waals surface area contributed by atoms with Crippen LogP contribution in [0.5, 0.6) is 0 Å². The first kappa shape index (κ1) is 12.7. The molecule has 0 spiro atoms. The van der Waals surface area contributed by atoms with Gasteiger partial charge in [0.15, 0.2) is 5.82 Å². The van der Waals surface area contributed by atoms with Crippen LogP contribution in [0.25, 0.3) is 5.69 Å². The van der Waals surface area contributed by atoms with Gasteiger partial charge in [0.2, 0.25) is 0 Å². The van der Waals surface area contributed by atoms with Crippen molar-refractivity contribution >= 4 is 11.8 Å². The van der Waals surface area contributed by atoms with Crippen LogP contribution in [0.4, 0.5) is 5.82 Å². The third kappa shape index (κ3) is 2.52. The van der Waals surface area contributed by atoms with Crippen molar-refractivity contribution in [2.75, 3.05) is 5.32 Å². The first-order valence-electron chi connectivity index (χ1n) is 6.89. The molecule has 3 rings (SSSR count). The van der Waals surface area contributed by atoms with E-state index in [0.717, 1.165) is 18.5 Å². The van der Waals surface area contributed by atoms with Crippen molar-refractivity contribution in [3.8, 4) is 5.69 Å². The summed E-state index contributed by atoms with van der Waals surface area (Å²) in [6.07, 6.45) is 6.11. The summed E-state index contributed by atoms with van der Waals surface area (Å²) in [7, 11) is 0. The van der Waals surface area contributed by atoms with E-state index in [0.29, 0.717) is 11.9 Å². The number of aromatic nitrogens is 2. The highest BCUT2D eigenvalue weighted by Gasteiger charge is 2.21. The Bertz CT molecular complexity index is 601. The van der Waals surface area contributed by atoms with Crippen LogP contribution in [-0.2, 0) is 0 Å². The summed E-state index contributed by atoms with van der Waals surface area (Å²) in [6.45, 7) is 0. The number of rotatable bonds is 4. The van der Waals surface area contributed by atoms with Gasteiger partial charge in [0.1, 0.15) is 5.56 Å². The van der Waals surface area contributed by atoms with Crippen LogP contribution in [0.1, 0.15) is 36.0 Å². The Balaban J connectivity index is 1.92. The van der Waals surface area contributed by atoms with Crippen LogP contribution >= 0.6 is 0 Å². The summed E-state index contributed by atoms with van der Waals surface area (Å²) in [5.74, 6) is -0.485. The van der Waals surface area contributed by atoms with Gasteiger partial charge in [-0.2, -0.15) is 0 Å². The lowest BCUT2D eigenvalue weighted by Gasteiger charge is -2.11. The maximum Gasteiger partial charge on any atom is 0.341 e. The predicted molar refractivity (Wildman–Crippen MR) is 76.4 cm³/mol. The fourth-order valence-electron chi connectivity index (χ4n) is 2.61. The molecule has 0 atom stereocenters. The number of para-hydroxylation sites is 1. The Kier molecular flexibility index (Phi) is 3.41. The minimum Gasteiger partial charge on any atom is -0.477 e. The normalized spacial score (nSPS) is 15.4. The van der Waals surface area contributed by atoms with Crippen molar-refractivity contribution in [2.45, 2.75) is 31.7 Å². The van der Waals surface area contributed by atoms with Crippen LogP contribution in [0.15, 0.2) is 36.5 Å². The van der Waals surface area contributed by atoms with Crippen molar-refractivity contribution in [3.05, 3.63) is 42.1 Å². The molecule has 20 heavy (non-hydrogen) atoms. The molecule has 0 bridgehead atoms. The maximum atomic E-state index is 11.3. The monoisotopic (exact) mass is 271 g/mol. The molecule has 0 aliphatic heterocycles. The number of aromatic carboxylic acids is 1. The zero-order valence-electron chi connectivity index (χ0n) is 11.1. The van der Waals surface area contributed by atoms with Crippen molar-refractivity contribution in [1.82, 2.24) is 9.78 Å². The van der Waals surface area contributed by atoms with E-state index in [1.54, 1.807) is 10.9 Å². The molecule has 5 heteroatoms. The third-order valence-electron chi connectivity index (χ3n) is 3.66. The minimum atomic E-state index is -0.951. The molecule has 1 aromatic heterocycles. The first-order valence-corrected chi connectivity index (χ1v) is 6.89. The quantitative estimate of drug-likeness (QED) is 0.897. The molecule has 2 aromatic rings. The van der Waals surface area contributed by atoms with Crippen LogP contribution in [0.2, 0.25) is 0 Å². The molecule has 1 heterocycles. The molecular weight excluding hydrogens is 254 g/mol. The average Bonchev–Trinajstić information content (AvgIpc) is 3.10. The number of benzene rings is 1. The Morgan fingerprint density at radius 1 is 1.25 bits per heavy atom. The zero-order valence-corrected chi connectivity index (χ0v) is 11.1. The van der Waals surface area contributed by atoms with Crippen molar-refractivity contribution in [3.63, 3.8) is 0 Å². The number of anilines is 1. The van der Waals surface area contributed by atoms with E-state index in [9.17, 15) is 9.90 Å². The van der Waals surface area contributed by atoms with Gasteiger partial charge in [0.05, 0.1) is 5.69 Å². The van der Waals surface area contributed by atoms with Crippen molar-refractivity contribution in [1.29, 1.82) is 0 Å². The Morgan fingerprint density at radius 2 is 1.95 bits per heavy atom. The van der Waals surface area contributed by atoms with Crippen LogP contribution in [-0.4, -0.2) is 26.9 Å². The maximum absolute atomic E-state index is 11.3. The standard InChI is InChI=1S/C15H17N3O2/c19-15(20)13-10-18(12-8-2-1-3-9-12)17-14(13)16-11-6-4-5-7-11/h1-3,8-11H,4-7H2,(H,16,17)(H,19,20). The molecule has 104 valence electrons. The Morgan fingerprint density at radius 3 is 2.60 bits per heavy atom. The lowest BCUT2D eigenvalue weighted by atomic mass is 10.2. The molecule has 1 saturated carbocycles. The molecule has 2 N–H and O–H groups in total. The summed E-state index contributed by atoms with van der Waals surface area (Å²) >= 11 is 0. The van der Waals surface area contributed by atoms with Gasteiger partial charge in [-0.05, 0) is 25.0 Å². The van der Waals surface area contributed by atoms with E-state index in [1.165, 1.54) is 12.8 Å². The topological polar surface area (TPSA) is 67.1 Å². The Hall–Kier alpha value is -2.30. The van der Waals surface area contributed by atoms with Crippen LogP contribution < -0.4 is 5.32 Å². The second kappa shape index (κ2) is 5.36. The van der Waals surface area contributed by atoms with Gasteiger partial charge in [-0.3, -0.25) is 0 Å². The number of carbonyl (C=O) groups is 1. The van der Waals surface area contributed by atoms with Gasteiger partial charge in [0.25, 0.3) is 0 Å². The van der Waals surface area contributed by atoms with Crippen molar-refractivity contribution in [2.24, 2.45) is 0 Å². The molecule has 0 saturated heterocycles. The molecule has 1 aliphatic rings. The van der Waals surface area contributed by atoms with Crippen LogP contribution in [0.3, 0.4) is 0 Å². The van der Waals surface area contributed by atoms with E-state index in [-0.39, 0.29) is 5.56 Å². The van der Waals surface area contributed by atoms with Gasteiger partial charge < -0.3 is 10.4 Å². The third-order valence-corrected chi connectivity index (χ3v) is 3.66. The largest absolute Gasteiger partial charge is 0.477 e. The lowest BCUT2D eigenvalue weighted by Crippen LogP contribution is -2.17. The molecule has 5 nitrogen and oxygen atoms in total. The summed E-state index contributed by atoms with van der Waals surface area (Å²) in [5, 5.41) is 17.0. The second-order valence-corrected chi connectivity index (χ2v) is 5.10. The van der Waals surface area contributed by atoms with Gasteiger partial charge in [-0.15, -0.1) is 5.10 Å². The van der Waals surface area contributed by atoms with Crippen molar-refractivity contribution < 1.29 is 9.90 Å². The number of carboxylic acids is 1. The number of hydrogen-bond donors (Lipinski definition) is 2. The first-order chi connectivity index (χ1) is 9.74. The summed E-state index contributed by atoms with van der Waals surface area (Å²) in [6, 6.07) is 9.87. The average molecular weight is 271 g/mol. The van der Waals surface area contributed by atoms with E-state index in [1.807, 2.05) is 30.3 Å². The summed E-state index contributed by atoms with van der Waals surface area (Å²) < 4.78 is 1.61.